The number of rotatable bonds is 7. The molecule has 4 rings (SSSR count). The van der Waals surface area contributed by atoms with Crippen LogP contribution in [0.5, 0.6) is 0 Å². The van der Waals surface area contributed by atoms with Crippen molar-refractivity contribution >= 4 is 29.2 Å². The summed E-state index contributed by atoms with van der Waals surface area (Å²) in [6.07, 6.45) is 0.899. The number of benzene rings is 1. The molecule has 2 aromatic heterocycles. The minimum atomic E-state index is -0.966. The average molecular weight is 518 g/mol. The number of aryl methyl sites for hydroxylation is 1. The van der Waals surface area contributed by atoms with Gasteiger partial charge in [-0.25, -0.2) is 13.8 Å². The van der Waals surface area contributed by atoms with Crippen LogP contribution in [-0.4, -0.2) is 45.7 Å². The van der Waals surface area contributed by atoms with Crippen LogP contribution in [0, 0.1) is 24.0 Å². The summed E-state index contributed by atoms with van der Waals surface area (Å²) in [7, 11) is 1.34. The number of esters is 1. The molecule has 0 unspecified atom stereocenters. The van der Waals surface area contributed by atoms with E-state index in [2.05, 4.69) is 25.4 Å². The zero-order chi connectivity index (χ0) is 26.0. The van der Waals surface area contributed by atoms with Crippen LogP contribution in [0.4, 0.5) is 20.4 Å². The first-order chi connectivity index (χ1) is 17.1. The van der Waals surface area contributed by atoms with Gasteiger partial charge >= 0.3 is 5.97 Å². The third-order valence-corrected chi connectivity index (χ3v) is 7.33. The third-order valence-electron chi connectivity index (χ3n) is 7.03. The number of piperidine rings is 1. The lowest BCUT2D eigenvalue weighted by Gasteiger charge is -2.46. The molecule has 3 heterocycles. The van der Waals surface area contributed by atoms with E-state index in [1.807, 2.05) is 26.8 Å². The fraction of sp³-hybridized carbons (Fsp3) is 0.423. The van der Waals surface area contributed by atoms with Gasteiger partial charge in [-0.1, -0.05) is 23.7 Å². The van der Waals surface area contributed by atoms with Crippen molar-refractivity contribution in [3.63, 3.8) is 0 Å². The van der Waals surface area contributed by atoms with Gasteiger partial charge < -0.3 is 10.1 Å². The number of methoxy groups -OCH3 is 1. The standard InChI is InChI=1S/C26H30ClF2N5O2/c1-15-12-23(33-32-15)31-22-9-8-20(28)21(30-22)14-26(25(35)36-4)10-11-34(16(2)13-26)17(3)18-6-5-7-19(27)24(18)29/h5-9,12,16-17H,10-11,13-14H2,1-4H3,(H2,30,31,32,33)/t16-,17-,26-/m1/s1. The van der Waals surface area contributed by atoms with Crippen molar-refractivity contribution in [1.29, 1.82) is 0 Å². The van der Waals surface area contributed by atoms with E-state index in [4.69, 9.17) is 16.3 Å². The predicted octanol–water partition coefficient (Wildman–Crippen LogP) is 5.74. The number of nitrogens with zero attached hydrogens (tertiary/aromatic N) is 3. The van der Waals surface area contributed by atoms with Crippen LogP contribution in [0.25, 0.3) is 0 Å². The molecule has 3 atom stereocenters. The van der Waals surface area contributed by atoms with Crippen molar-refractivity contribution in [3.8, 4) is 0 Å². The molecule has 3 aromatic rings. The molecule has 36 heavy (non-hydrogen) atoms. The van der Waals surface area contributed by atoms with E-state index in [9.17, 15) is 13.6 Å². The Morgan fingerprint density at radius 3 is 2.78 bits per heavy atom. The van der Waals surface area contributed by atoms with Gasteiger partial charge in [0.1, 0.15) is 17.5 Å². The van der Waals surface area contributed by atoms with Gasteiger partial charge in [0.25, 0.3) is 0 Å². The lowest BCUT2D eigenvalue weighted by molar-refractivity contribution is -0.158. The van der Waals surface area contributed by atoms with Crippen LogP contribution in [0.15, 0.2) is 36.4 Å². The van der Waals surface area contributed by atoms with Crippen LogP contribution in [0.1, 0.15) is 49.7 Å². The van der Waals surface area contributed by atoms with Gasteiger partial charge in [-0.05, 0) is 51.8 Å². The molecule has 0 saturated carbocycles. The first-order valence-electron chi connectivity index (χ1n) is 11.9. The summed E-state index contributed by atoms with van der Waals surface area (Å²) >= 11 is 6.00. The van der Waals surface area contributed by atoms with E-state index in [1.54, 1.807) is 12.1 Å². The molecule has 1 fully saturated rings. The van der Waals surface area contributed by atoms with Crippen molar-refractivity contribution in [1.82, 2.24) is 20.1 Å². The Morgan fingerprint density at radius 2 is 2.11 bits per heavy atom. The summed E-state index contributed by atoms with van der Waals surface area (Å²) in [6.45, 7) is 6.27. The molecule has 1 saturated heterocycles. The molecule has 1 aliphatic heterocycles. The minimum Gasteiger partial charge on any atom is -0.469 e. The van der Waals surface area contributed by atoms with Crippen molar-refractivity contribution in [2.24, 2.45) is 5.41 Å². The first kappa shape index (κ1) is 26.0. The summed E-state index contributed by atoms with van der Waals surface area (Å²) < 4.78 is 34.8. The molecule has 0 bridgehead atoms. The largest absolute Gasteiger partial charge is 0.469 e. The fourth-order valence-electron chi connectivity index (χ4n) is 5.19. The highest BCUT2D eigenvalue weighted by Gasteiger charge is 2.47. The van der Waals surface area contributed by atoms with Gasteiger partial charge in [-0.15, -0.1) is 0 Å². The van der Waals surface area contributed by atoms with Crippen LogP contribution in [-0.2, 0) is 16.0 Å². The Kier molecular flexibility index (Phi) is 7.61. The van der Waals surface area contributed by atoms with Gasteiger partial charge in [-0.2, -0.15) is 5.10 Å². The average Bonchev–Trinajstić information content (AvgIpc) is 3.26. The number of aromatic nitrogens is 3. The monoisotopic (exact) mass is 517 g/mol. The van der Waals surface area contributed by atoms with Crippen molar-refractivity contribution in [2.75, 3.05) is 19.0 Å². The Labute approximate surface area is 214 Å². The third kappa shape index (κ3) is 5.22. The second-order valence-corrected chi connectivity index (χ2v) is 9.90. The number of H-pyrrole nitrogens is 1. The molecule has 7 nitrogen and oxygen atoms in total. The predicted molar refractivity (Wildman–Crippen MR) is 134 cm³/mol. The molecule has 0 amide bonds. The smallest absolute Gasteiger partial charge is 0.312 e. The number of nitrogens with one attached hydrogen (secondary N) is 2. The van der Waals surface area contributed by atoms with Crippen LogP contribution >= 0.6 is 11.6 Å². The van der Waals surface area contributed by atoms with Crippen molar-refractivity contribution in [3.05, 3.63) is 70.0 Å². The Morgan fingerprint density at radius 1 is 1.33 bits per heavy atom. The van der Waals surface area contributed by atoms with Gasteiger partial charge in [-0.3, -0.25) is 14.8 Å². The van der Waals surface area contributed by atoms with Crippen LogP contribution in [0.3, 0.4) is 0 Å². The number of likely N-dealkylation sites (tertiary alicyclic amines) is 1. The molecule has 0 aliphatic carbocycles. The number of carbonyl (C=O) groups excluding carboxylic acids is 1. The fourth-order valence-corrected chi connectivity index (χ4v) is 5.37. The summed E-state index contributed by atoms with van der Waals surface area (Å²) in [5, 5.41) is 10.1. The van der Waals surface area contributed by atoms with Gasteiger partial charge in [0.05, 0.1) is 23.2 Å². The topological polar surface area (TPSA) is 83.1 Å². The number of halogens is 3. The Bertz CT molecular complexity index is 1250. The summed E-state index contributed by atoms with van der Waals surface area (Å²) in [4.78, 5) is 19.7. The molecule has 10 heteroatoms. The molecule has 192 valence electrons. The van der Waals surface area contributed by atoms with E-state index >= 15 is 0 Å². The molecule has 1 aromatic carbocycles. The van der Waals surface area contributed by atoms with Gasteiger partial charge in [0.2, 0.25) is 0 Å². The second-order valence-electron chi connectivity index (χ2n) is 9.49. The summed E-state index contributed by atoms with van der Waals surface area (Å²) in [5.41, 5.74) is 0.580. The summed E-state index contributed by atoms with van der Waals surface area (Å²) in [5.74, 6) is -0.353. The van der Waals surface area contributed by atoms with E-state index in [-0.39, 0.29) is 29.2 Å². The van der Waals surface area contributed by atoms with Crippen LogP contribution in [0.2, 0.25) is 5.02 Å². The maximum Gasteiger partial charge on any atom is 0.312 e. The SMILES string of the molecule is COC(=O)[C@]1(Cc2nc(Nc3cc(C)[nH]n3)ccc2F)CCN([C@H](C)c2cccc(Cl)c2F)[C@H](C)C1. The number of hydrogen-bond donors (Lipinski definition) is 2. The Balaban J connectivity index is 1.57. The maximum absolute atomic E-state index is 14.9. The molecule has 0 radical (unpaired) electrons. The normalized spacial score (nSPS) is 21.2. The molecule has 1 aliphatic rings. The highest BCUT2D eigenvalue weighted by Crippen LogP contribution is 2.42. The second kappa shape index (κ2) is 10.5. The van der Waals surface area contributed by atoms with Crippen molar-refractivity contribution < 1.29 is 18.3 Å². The van der Waals surface area contributed by atoms with Gasteiger partial charge in [0, 0.05) is 42.4 Å². The maximum atomic E-state index is 14.9. The zero-order valence-corrected chi connectivity index (χ0v) is 21.5. The highest BCUT2D eigenvalue weighted by molar-refractivity contribution is 6.30. The minimum absolute atomic E-state index is 0.0768. The van der Waals surface area contributed by atoms with E-state index in [0.29, 0.717) is 36.6 Å². The zero-order valence-electron chi connectivity index (χ0n) is 20.7. The summed E-state index contributed by atoms with van der Waals surface area (Å²) in [6, 6.07) is 9.27. The van der Waals surface area contributed by atoms with Crippen LogP contribution < -0.4 is 5.32 Å². The van der Waals surface area contributed by atoms with E-state index in [0.717, 1.165) is 5.69 Å². The molecule has 0 spiro atoms. The lowest BCUT2D eigenvalue weighted by Crippen LogP contribution is -2.51. The first-order valence-corrected chi connectivity index (χ1v) is 12.2. The number of aromatic amines is 1. The molecular weight excluding hydrogens is 488 g/mol. The van der Waals surface area contributed by atoms with Gasteiger partial charge in [0.15, 0.2) is 5.82 Å². The number of pyridine rings is 1. The Hall–Kier alpha value is -3.04. The van der Waals surface area contributed by atoms with E-state index in [1.165, 1.54) is 25.3 Å². The quantitative estimate of drug-likeness (QED) is 0.389. The van der Waals surface area contributed by atoms with Crippen molar-refractivity contribution in [2.45, 2.75) is 52.1 Å². The molecular formula is C26H30ClF2N5O2. The van der Waals surface area contributed by atoms with E-state index < -0.39 is 23.0 Å². The molecule has 2 N–H and O–H groups in total. The number of anilines is 2. The highest BCUT2D eigenvalue weighted by atomic mass is 35.5. The number of ether oxygens (including phenoxy) is 1. The lowest BCUT2D eigenvalue weighted by atomic mass is 9.71. The number of carbonyl (C=O) groups is 1. The number of hydrogen-bond acceptors (Lipinski definition) is 6.